The molecular weight excluding hydrogens is 258 g/mol. The minimum atomic E-state index is 0.0330. The number of tetrazole rings is 1. The topological polar surface area (TPSA) is 88.9 Å². The molecule has 0 fully saturated rings. The van der Waals surface area contributed by atoms with E-state index in [1.165, 1.54) is 0 Å². The Bertz CT molecular complexity index is 692. The predicted octanol–water partition coefficient (Wildman–Crippen LogP) is 1.81. The number of methoxy groups -OCH3 is 1. The van der Waals surface area contributed by atoms with E-state index in [1.54, 1.807) is 7.11 Å². The molecule has 20 heavy (non-hydrogen) atoms. The molecule has 2 heterocycles. The summed E-state index contributed by atoms with van der Waals surface area (Å²) < 4.78 is 11.2. The van der Waals surface area contributed by atoms with E-state index < -0.39 is 0 Å². The van der Waals surface area contributed by atoms with Gasteiger partial charge in [-0.1, -0.05) is 17.3 Å². The summed E-state index contributed by atoms with van der Waals surface area (Å²) >= 11 is 0. The molecule has 104 valence electrons. The quantitative estimate of drug-likeness (QED) is 0.737. The number of nitrogens with zero attached hydrogens (tertiary/aromatic N) is 3. The van der Waals surface area contributed by atoms with Crippen LogP contribution in [0.2, 0.25) is 0 Å². The molecule has 0 saturated carbocycles. The minimum absolute atomic E-state index is 0.0330. The number of furan rings is 1. The zero-order valence-electron chi connectivity index (χ0n) is 11.3. The Hall–Kier alpha value is -2.41. The zero-order valence-corrected chi connectivity index (χ0v) is 11.3. The Labute approximate surface area is 115 Å². The summed E-state index contributed by atoms with van der Waals surface area (Å²) in [6.07, 6.45) is 0. The van der Waals surface area contributed by atoms with Crippen molar-refractivity contribution in [2.45, 2.75) is 19.5 Å². The number of hydrogen-bond acceptors (Lipinski definition) is 6. The monoisotopic (exact) mass is 273 g/mol. The van der Waals surface area contributed by atoms with Crippen molar-refractivity contribution in [1.82, 2.24) is 25.9 Å². The first-order valence-electron chi connectivity index (χ1n) is 6.30. The number of aromatic amines is 1. The van der Waals surface area contributed by atoms with E-state index in [9.17, 15) is 0 Å². The first-order valence-corrected chi connectivity index (χ1v) is 6.30. The van der Waals surface area contributed by atoms with Gasteiger partial charge in [0.1, 0.15) is 5.76 Å². The fraction of sp³-hybridized carbons (Fsp3) is 0.308. The number of nitrogens with one attached hydrogen (secondary N) is 2. The summed E-state index contributed by atoms with van der Waals surface area (Å²) in [7, 11) is 1.63. The van der Waals surface area contributed by atoms with Crippen molar-refractivity contribution >= 4 is 11.0 Å². The molecule has 0 amide bonds. The van der Waals surface area contributed by atoms with Crippen LogP contribution in [-0.4, -0.2) is 27.7 Å². The summed E-state index contributed by atoms with van der Waals surface area (Å²) in [5.41, 5.74) is 0.762. The molecule has 7 heteroatoms. The standard InChI is InChI=1S/C13H15N5O2/c1-8(14-7-12-15-17-18-16-12)11-6-9-4-3-5-10(19-2)13(9)20-11/h3-6,8,14H,7H2,1-2H3,(H,15,16,17,18). The average molecular weight is 273 g/mol. The fourth-order valence-corrected chi connectivity index (χ4v) is 2.03. The number of rotatable bonds is 5. The molecule has 0 radical (unpaired) electrons. The molecule has 1 aromatic carbocycles. The van der Waals surface area contributed by atoms with Crippen LogP contribution in [0.1, 0.15) is 24.6 Å². The summed E-state index contributed by atoms with van der Waals surface area (Å²) in [5, 5.41) is 18.0. The zero-order chi connectivity index (χ0) is 13.9. The number of H-pyrrole nitrogens is 1. The minimum Gasteiger partial charge on any atom is -0.493 e. The van der Waals surface area contributed by atoms with Gasteiger partial charge in [-0.05, 0) is 19.1 Å². The Morgan fingerprint density at radius 3 is 3.10 bits per heavy atom. The van der Waals surface area contributed by atoms with Crippen molar-refractivity contribution in [2.75, 3.05) is 7.11 Å². The molecule has 0 aliphatic heterocycles. The number of aromatic nitrogens is 4. The van der Waals surface area contributed by atoms with E-state index in [0.717, 1.165) is 22.5 Å². The SMILES string of the molecule is COc1cccc2cc(C(C)NCc3nn[nH]n3)oc12. The second-order valence-corrected chi connectivity index (χ2v) is 4.46. The van der Waals surface area contributed by atoms with Crippen LogP contribution in [0.5, 0.6) is 5.75 Å². The van der Waals surface area contributed by atoms with Gasteiger partial charge in [-0.3, -0.25) is 0 Å². The number of hydrogen-bond donors (Lipinski definition) is 2. The van der Waals surface area contributed by atoms with Gasteiger partial charge in [0.25, 0.3) is 0 Å². The lowest BCUT2D eigenvalue weighted by atomic mass is 10.2. The highest BCUT2D eigenvalue weighted by Gasteiger charge is 2.14. The maximum absolute atomic E-state index is 5.87. The Kier molecular flexibility index (Phi) is 3.34. The van der Waals surface area contributed by atoms with E-state index in [2.05, 4.69) is 25.9 Å². The van der Waals surface area contributed by atoms with Crippen LogP contribution in [0.25, 0.3) is 11.0 Å². The average Bonchev–Trinajstić information content (AvgIpc) is 3.12. The smallest absolute Gasteiger partial charge is 0.188 e. The van der Waals surface area contributed by atoms with E-state index in [4.69, 9.17) is 9.15 Å². The summed E-state index contributed by atoms with van der Waals surface area (Å²) in [5.74, 6) is 2.19. The van der Waals surface area contributed by atoms with E-state index >= 15 is 0 Å². The lowest BCUT2D eigenvalue weighted by Gasteiger charge is -2.08. The third kappa shape index (κ3) is 2.35. The van der Waals surface area contributed by atoms with Crippen molar-refractivity contribution in [1.29, 1.82) is 0 Å². The number of ether oxygens (including phenoxy) is 1. The molecule has 7 nitrogen and oxygen atoms in total. The normalized spacial score (nSPS) is 12.7. The molecule has 1 atom stereocenters. The van der Waals surface area contributed by atoms with Gasteiger partial charge in [0.05, 0.1) is 19.7 Å². The highest BCUT2D eigenvalue weighted by Crippen LogP contribution is 2.30. The molecule has 3 aromatic rings. The van der Waals surface area contributed by atoms with Crippen molar-refractivity contribution < 1.29 is 9.15 Å². The lowest BCUT2D eigenvalue weighted by Crippen LogP contribution is -2.18. The molecule has 0 aliphatic carbocycles. The van der Waals surface area contributed by atoms with Crippen LogP contribution in [0, 0.1) is 0 Å². The van der Waals surface area contributed by atoms with Gasteiger partial charge in [-0.25, -0.2) is 0 Å². The predicted molar refractivity (Wildman–Crippen MR) is 72.2 cm³/mol. The van der Waals surface area contributed by atoms with Gasteiger partial charge in [0, 0.05) is 5.39 Å². The maximum Gasteiger partial charge on any atom is 0.188 e. The van der Waals surface area contributed by atoms with Gasteiger partial charge in [-0.15, -0.1) is 10.2 Å². The Morgan fingerprint density at radius 1 is 1.45 bits per heavy atom. The third-order valence-electron chi connectivity index (χ3n) is 3.13. The summed E-state index contributed by atoms with van der Waals surface area (Å²) in [6.45, 7) is 2.54. The number of benzene rings is 1. The number of fused-ring (bicyclic) bond motifs is 1. The van der Waals surface area contributed by atoms with Crippen LogP contribution >= 0.6 is 0 Å². The molecule has 2 N–H and O–H groups in total. The van der Waals surface area contributed by atoms with Crippen molar-refractivity contribution in [3.8, 4) is 5.75 Å². The molecule has 0 spiro atoms. The van der Waals surface area contributed by atoms with Crippen LogP contribution in [-0.2, 0) is 6.54 Å². The molecular formula is C13H15N5O2. The second kappa shape index (κ2) is 5.30. The molecule has 0 aliphatic rings. The van der Waals surface area contributed by atoms with E-state index in [-0.39, 0.29) is 6.04 Å². The Balaban J connectivity index is 1.79. The van der Waals surface area contributed by atoms with Gasteiger partial charge in [0.2, 0.25) is 0 Å². The third-order valence-corrected chi connectivity index (χ3v) is 3.13. The molecule has 2 aromatic heterocycles. The fourth-order valence-electron chi connectivity index (χ4n) is 2.03. The first kappa shape index (κ1) is 12.6. The highest BCUT2D eigenvalue weighted by atomic mass is 16.5. The van der Waals surface area contributed by atoms with Crippen LogP contribution in [0.4, 0.5) is 0 Å². The molecule has 0 saturated heterocycles. The molecule has 1 unspecified atom stereocenters. The van der Waals surface area contributed by atoms with Gasteiger partial charge in [-0.2, -0.15) is 5.21 Å². The van der Waals surface area contributed by atoms with Gasteiger partial charge in [0.15, 0.2) is 17.2 Å². The van der Waals surface area contributed by atoms with E-state index in [1.807, 2.05) is 31.2 Å². The summed E-state index contributed by atoms with van der Waals surface area (Å²) in [4.78, 5) is 0. The second-order valence-electron chi connectivity index (χ2n) is 4.46. The largest absolute Gasteiger partial charge is 0.493 e. The van der Waals surface area contributed by atoms with Crippen LogP contribution in [0.3, 0.4) is 0 Å². The number of para-hydroxylation sites is 1. The summed E-state index contributed by atoms with van der Waals surface area (Å²) in [6, 6.07) is 7.86. The Morgan fingerprint density at radius 2 is 2.35 bits per heavy atom. The van der Waals surface area contributed by atoms with Gasteiger partial charge < -0.3 is 14.5 Å². The highest BCUT2D eigenvalue weighted by molar-refractivity contribution is 5.83. The van der Waals surface area contributed by atoms with Crippen molar-refractivity contribution in [2.24, 2.45) is 0 Å². The van der Waals surface area contributed by atoms with Crippen molar-refractivity contribution in [3.05, 3.63) is 35.9 Å². The van der Waals surface area contributed by atoms with Gasteiger partial charge >= 0.3 is 0 Å². The molecule has 0 bridgehead atoms. The van der Waals surface area contributed by atoms with Crippen molar-refractivity contribution in [3.63, 3.8) is 0 Å². The lowest BCUT2D eigenvalue weighted by molar-refractivity contribution is 0.399. The first-order chi connectivity index (χ1) is 9.78. The van der Waals surface area contributed by atoms with E-state index in [0.29, 0.717) is 12.4 Å². The van der Waals surface area contributed by atoms with Crippen LogP contribution < -0.4 is 10.1 Å². The van der Waals surface area contributed by atoms with Crippen LogP contribution in [0.15, 0.2) is 28.7 Å². The maximum atomic E-state index is 5.87. The molecule has 3 rings (SSSR count).